The van der Waals surface area contributed by atoms with E-state index in [-0.39, 0.29) is 11.0 Å². The summed E-state index contributed by atoms with van der Waals surface area (Å²) in [5.74, 6) is -0.263. The first-order chi connectivity index (χ1) is 7.63. The van der Waals surface area contributed by atoms with Crippen molar-refractivity contribution in [1.29, 1.82) is 0 Å². The van der Waals surface area contributed by atoms with Gasteiger partial charge in [0.15, 0.2) is 0 Å². The van der Waals surface area contributed by atoms with Crippen molar-refractivity contribution in [3.8, 4) is 0 Å². The molecule has 0 fully saturated rings. The fraction of sp³-hybridized carbons (Fsp3) is 0.786. The zero-order chi connectivity index (χ0) is 13.9. The molecule has 0 saturated carbocycles. The largest absolute Gasteiger partial charge is 0.515 e. The van der Waals surface area contributed by atoms with Crippen molar-refractivity contribution in [2.24, 2.45) is 0 Å². The van der Waals surface area contributed by atoms with E-state index in [4.69, 9.17) is 4.43 Å². The van der Waals surface area contributed by atoms with Crippen molar-refractivity contribution in [2.75, 3.05) is 0 Å². The summed E-state index contributed by atoms with van der Waals surface area (Å²) in [6.45, 7) is 18.9. The lowest BCUT2D eigenvalue weighted by molar-refractivity contribution is -0.130. The van der Waals surface area contributed by atoms with E-state index in [9.17, 15) is 4.79 Å². The van der Waals surface area contributed by atoms with E-state index in [1.54, 1.807) is 0 Å². The van der Waals surface area contributed by atoms with Crippen LogP contribution in [0.5, 0.6) is 0 Å². The molecule has 0 N–H and O–H groups in total. The minimum atomic E-state index is -2.18. The van der Waals surface area contributed by atoms with Gasteiger partial charge in [-0.05, 0) is 16.1 Å². The first-order valence-corrected chi connectivity index (χ1v) is 8.55. The standard InChI is InChI=1S/C14H28O2Si/c1-9-12(5)17(11(3)4,14(6,7)8)16-13(15)10-2/h10-12H,2,9H2,1,3-8H3. The Bertz CT molecular complexity index is 278. The third-order valence-corrected chi connectivity index (χ3v) is 10.3. The number of carbonyl (C=O) groups excluding carboxylic acids is 1. The molecule has 0 saturated heterocycles. The Balaban J connectivity index is 5.57. The van der Waals surface area contributed by atoms with E-state index in [1.165, 1.54) is 6.08 Å². The average Bonchev–Trinajstić information content (AvgIpc) is 2.21. The summed E-state index contributed by atoms with van der Waals surface area (Å²) in [5.41, 5.74) is 0.854. The van der Waals surface area contributed by atoms with Gasteiger partial charge in [0.05, 0.1) is 0 Å². The predicted molar refractivity (Wildman–Crippen MR) is 76.6 cm³/mol. The smallest absolute Gasteiger partial charge is 0.316 e. The van der Waals surface area contributed by atoms with Crippen LogP contribution in [-0.4, -0.2) is 14.3 Å². The van der Waals surface area contributed by atoms with E-state index >= 15 is 0 Å². The quantitative estimate of drug-likeness (QED) is 0.528. The highest BCUT2D eigenvalue weighted by Crippen LogP contribution is 2.51. The lowest BCUT2D eigenvalue weighted by atomic mass is 10.2. The molecular weight excluding hydrogens is 228 g/mol. The second kappa shape index (κ2) is 5.85. The second-order valence-electron chi connectivity index (χ2n) is 6.13. The molecule has 0 radical (unpaired) electrons. The summed E-state index contributed by atoms with van der Waals surface area (Å²) >= 11 is 0. The predicted octanol–water partition coefficient (Wildman–Crippen LogP) is 4.67. The van der Waals surface area contributed by atoms with Crippen molar-refractivity contribution in [2.45, 2.75) is 71.0 Å². The molecule has 2 nitrogen and oxygen atoms in total. The molecule has 0 spiro atoms. The molecule has 0 aliphatic heterocycles. The monoisotopic (exact) mass is 256 g/mol. The third-order valence-electron chi connectivity index (χ3n) is 3.81. The number of hydrogen-bond acceptors (Lipinski definition) is 2. The third kappa shape index (κ3) is 3.21. The average molecular weight is 256 g/mol. The minimum absolute atomic E-state index is 0.0370. The summed E-state index contributed by atoms with van der Waals surface area (Å²) < 4.78 is 5.95. The molecule has 3 heteroatoms. The topological polar surface area (TPSA) is 26.3 Å². The SMILES string of the molecule is C=CC(=O)O[Si](C(C)C)(C(C)CC)C(C)(C)C. The van der Waals surface area contributed by atoms with Crippen molar-refractivity contribution in [1.82, 2.24) is 0 Å². The van der Waals surface area contributed by atoms with Crippen LogP contribution in [0.3, 0.4) is 0 Å². The van der Waals surface area contributed by atoms with Gasteiger partial charge in [0.2, 0.25) is 0 Å². The van der Waals surface area contributed by atoms with Gasteiger partial charge < -0.3 is 4.43 Å². The Hall–Kier alpha value is -0.573. The van der Waals surface area contributed by atoms with Gasteiger partial charge in [-0.15, -0.1) is 0 Å². The van der Waals surface area contributed by atoms with Gasteiger partial charge >= 0.3 is 5.97 Å². The van der Waals surface area contributed by atoms with E-state index in [0.717, 1.165) is 6.42 Å². The summed E-state index contributed by atoms with van der Waals surface area (Å²) in [6.07, 6.45) is 2.34. The van der Waals surface area contributed by atoms with Crippen LogP contribution >= 0.6 is 0 Å². The molecule has 0 bridgehead atoms. The summed E-state index contributed by atoms with van der Waals surface area (Å²) in [7, 11) is -2.18. The van der Waals surface area contributed by atoms with Crippen molar-refractivity contribution in [3.63, 3.8) is 0 Å². The fourth-order valence-corrected chi connectivity index (χ4v) is 9.17. The highest BCUT2D eigenvalue weighted by molar-refractivity contribution is 6.80. The molecule has 2 atom stereocenters. The maximum absolute atomic E-state index is 11.7. The van der Waals surface area contributed by atoms with E-state index < -0.39 is 8.32 Å². The van der Waals surface area contributed by atoms with Gasteiger partial charge in [-0.3, -0.25) is 0 Å². The van der Waals surface area contributed by atoms with Crippen LogP contribution in [0.4, 0.5) is 0 Å². The maximum atomic E-state index is 11.7. The van der Waals surface area contributed by atoms with Gasteiger partial charge in [0.25, 0.3) is 8.32 Å². The van der Waals surface area contributed by atoms with Gasteiger partial charge in [0, 0.05) is 6.08 Å². The molecule has 0 heterocycles. The molecule has 2 unspecified atom stereocenters. The van der Waals surface area contributed by atoms with E-state index in [2.05, 4.69) is 55.0 Å². The zero-order valence-electron chi connectivity index (χ0n) is 12.5. The van der Waals surface area contributed by atoms with E-state index in [1.807, 2.05) is 0 Å². The highest BCUT2D eigenvalue weighted by atomic mass is 28.4. The van der Waals surface area contributed by atoms with Crippen LogP contribution < -0.4 is 0 Å². The first kappa shape index (κ1) is 16.4. The van der Waals surface area contributed by atoms with Crippen molar-refractivity contribution < 1.29 is 9.22 Å². The molecule has 100 valence electrons. The lowest BCUT2D eigenvalue weighted by Gasteiger charge is -2.48. The molecule has 0 aliphatic carbocycles. The van der Waals surface area contributed by atoms with Crippen LogP contribution in [0.2, 0.25) is 16.1 Å². The van der Waals surface area contributed by atoms with Gasteiger partial charge in [-0.25, -0.2) is 4.79 Å². The van der Waals surface area contributed by atoms with Gasteiger partial charge in [-0.2, -0.15) is 0 Å². The van der Waals surface area contributed by atoms with Crippen LogP contribution in [-0.2, 0) is 9.22 Å². The molecule has 17 heavy (non-hydrogen) atoms. The minimum Gasteiger partial charge on any atom is -0.515 e. The van der Waals surface area contributed by atoms with Crippen molar-refractivity contribution >= 4 is 14.3 Å². The van der Waals surface area contributed by atoms with Gasteiger partial charge in [-0.1, -0.05) is 61.5 Å². The highest BCUT2D eigenvalue weighted by Gasteiger charge is 2.55. The van der Waals surface area contributed by atoms with Gasteiger partial charge in [0.1, 0.15) is 0 Å². The van der Waals surface area contributed by atoms with Crippen LogP contribution in [0.1, 0.15) is 54.9 Å². The Labute approximate surface area is 108 Å². The van der Waals surface area contributed by atoms with Crippen LogP contribution in [0.25, 0.3) is 0 Å². The Morgan fingerprint density at radius 2 is 1.82 bits per heavy atom. The molecule has 0 aliphatic rings. The maximum Gasteiger partial charge on any atom is 0.316 e. The molecule has 0 aromatic heterocycles. The molecule has 0 aromatic rings. The number of hydrogen-bond donors (Lipinski definition) is 0. The first-order valence-electron chi connectivity index (χ1n) is 6.48. The summed E-state index contributed by atoms with van der Waals surface area (Å²) in [5, 5.41) is 0.0370. The Kier molecular flexibility index (Phi) is 5.65. The fourth-order valence-electron chi connectivity index (χ4n) is 3.06. The van der Waals surface area contributed by atoms with Crippen molar-refractivity contribution in [3.05, 3.63) is 12.7 Å². The second-order valence-corrected chi connectivity index (χ2v) is 11.6. The Morgan fingerprint density at radius 1 is 1.35 bits per heavy atom. The molecule has 0 rings (SSSR count). The lowest BCUT2D eigenvalue weighted by Crippen LogP contribution is -2.54. The number of carbonyl (C=O) groups is 1. The zero-order valence-corrected chi connectivity index (χ0v) is 13.5. The normalized spacial score (nSPS) is 17.4. The van der Waals surface area contributed by atoms with E-state index in [0.29, 0.717) is 11.1 Å². The molecular formula is C14H28O2Si. The van der Waals surface area contributed by atoms with Crippen LogP contribution in [0, 0.1) is 0 Å². The van der Waals surface area contributed by atoms with Crippen LogP contribution in [0.15, 0.2) is 12.7 Å². The summed E-state index contributed by atoms with van der Waals surface area (Å²) in [4.78, 5) is 11.7. The number of rotatable bonds is 5. The molecule has 0 amide bonds. The summed E-state index contributed by atoms with van der Waals surface area (Å²) in [6, 6.07) is 0. The molecule has 0 aromatic carbocycles. The Morgan fingerprint density at radius 3 is 2.06 bits per heavy atom.